The van der Waals surface area contributed by atoms with E-state index >= 15 is 0 Å². The van der Waals surface area contributed by atoms with Crippen molar-refractivity contribution in [1.82, 2.24) is 5.39 Å². The zero-order chi connectivity index (χ0) is 6.10. The molecule has 1 aromatic carbocycles. The second kappa shape index (κ2) is 1.77. The van der Waals surface area contributed by atoms with E-state index in [9.17, 15) is 0 Å². The maximum absolute atomic E-state index is 4.99. The van der Waals surface area contributed by atoms with Crippen molar-refractivity contribution in [3.63, 3.8) is 0 Å². The summed E-state index contributed by atoms with van der Waals surface area (Å²) in [6.45, 7) is 0. The van der Waals surface area contributed by atoms with Crippen molar-refractivity contribution >= 4 is 12.9 Å². The summed E-state index contributed by atoms with van der Waals surface area (Å²) in [7, 11) is 1.83. The molecule has 0 saturated carbocycles. The minimum absolute atomic E-state index is 0.900. The average molecular weight is 118 g/mol. The van der Waals surface area contributed by atoms with Crippen LogP contribution in [0.1, 0.15) is 0 Å². The fourth-order valence-corrected chi connectivity index (χ4v) is 0.849. The Bertz CT molecular complexity index is 203. The van der Waals surface area contributed by atoms with E-state index in [1.807, 2.05) is 31.7 Å². The predicted octanol–water partition coefficient (Wildman–Crippen LogP) is -0.172. The highest BCUT2D eigenvalue weighted by Gasteiger charge is 2.10. The molecule has 3 heteroatoms. The number of hydrogen-bond acceptors (Lipinski definition) is 2. The number of nitrogens with one attached hydrogen (secondary N) is 1. The molecule has 1 heterocycles. The van der Waals surface area contributed by atoms with Crippen molar-refractivity contribution in [2.45, 2.75) is 0 Å². The molecule has 1 radical (unpaired) electrons. The average Bonchev–Trinajstić information content (AvgIpc) is 2.33. The quantitative estimate of drug-likeness (QED) is 0.477. The van der Waals surface area contributed by atoms with Gasteiger partial charge in [-0.2, -0.15) is 0 Å². The molecule has 0 fully saturated rings. The topological polar surface area (TPSA) is 21.3 Å². The molecule has 0 atom stereocenters. The highest BCUT2D eigenvalue weighted by molar-refractivity contribution is 6.52. The highest BCUT2D eigenvalue weighted by Crippen LogP contribution is 2.06. The Kier molecular flexibility index (Phi) is 0.962. The second-order valence-electron chi connectivity index (χ2n) is 1.90. The summed E-state index contributed by atoms with van der Waals surface area (Å²) in [4.78, 5) is 4.99. The van der Waals surface area contributed by atoms with Crippen LogP contribution in [-0.4, -0.2) is 7.41 Å². The van der Waals surface area contributed by atoms with Gasteiger partial charge in [-0.15, -0.1) is 0 Å². The van der Waals surface area contributed by atoms with E-state index < -0.39 is 0 Å². The summed E-state index contributed by atoms with van der Waals surface area (Å²) in [6.07, 6.45) is 0. The first-order valence-corrected chi connectivity index (χ1v) is 2.81. The SMILES string of the molecule is [B]1NOc2ccccc21. The summed E-state index contributed by atoms with van der Waals surface area (Å²) in [6, 6.07) is 7.84. The monoisotopic (exact) mass is 118 g/mol. The van der Waals surface area contributed by atoms with Gasteiger partial charge >= 0.3 is 0 Å². The van der Waals surface area contributed by atoms with Gasteiger partial charge in [0.25, 0.3) is 7.41 Å². The summed E-state index contributed by atoms with van der Waals surface area (Å²) in [5.74, 6) is 0.900. The molecule has 0 aliphatic carbocycles. The molecule has 1 aliphatic heterocycles. The van der Waals surface area contributed by atoms with Crippen molar-refractivity contribution in [2.24, 2.45) is 0 Å². The van der Waals surface area contributed by atoms with E-state index in [2.05, 4.69) is 5.39 Å². The first-order valence-electron chi connectivity index (χ1n) is 2.81. The van der Waals surface area contributed by atoms with Crippen LogP contribution in [0.15, 0.2) is 24.3 Å². The normalized spacial score (nSPS) is 13.8. The lowest BCUT2D eigenvalue weighted by atomic mass is 9.85. The van der Waals surface area contributed by atoms with Gasteiger partial charge in [0.1, 0.15) is 5.75 Å². The van der Waals surface area contributed by atoms with Gasteiger partial charge in [0.05, 0.1) is 0 Å². The van der Waals surface area contributed by atoms with Gasteiger partial charge in [-0.25, -0.2) is 5.39 Å². The minimum Gasteiger partial charge on any atom is -0.421 e. The number of para-hydroxylation sites is 1. The van der Waals surface area contributed by atoms with E-state index in [1.54, 1.807) is 0 Å². The van der Waals surface area contributed by atoms with Crippen LogP contribution in [0.3, 0.4) is 0 Å². The molecule has 0 amide bonds. The molecule has 0 bridgehead atoms. The maximum atomic E-state index is 4.99. The van der Waals surface area contributed by atoms with Crippen molar-refractivity contribution < 1.29 is 4.84 Å². The van der Waals surface area contributed by atoms with Crippen LogP contribution in [0.4, 0.5) is 0 Å². The molecule has 1 N–H and O–H groups in total. The molecule has 9 heavy (non-hydrogen) atoms. The summed E-state index contributed by atoms with van der Waals surface area (Å²) in [5, 5.41) is 2.66. The third-order valence-electron chi connectivity index (χ3n) is 1.30. The highest BCUT2D eigenvalue weighted by atomic mass is 16.6. The van der Waals surface area contributed by atoms with Crippen molar-refractivity contribution in [1.29, 1.82) is 0 Å². The first kappa shape index (κ1) is 4.88. The van der Waals surface area contributed by atoms with Crippen LogP contribution in [0.25, 0.3) is 0 Å². The fraction of sp³-hybridized carbons (Fsp3) is 0. The fourth-order valence-electron chi connectivity index (χ4n) is 0.849. The third kappa shape index (κ3) is 0.696. The first-order chi connectivity index (χ1) is 4.47. The van der Waals surface area contributed by atoms with Gasteiger partial charge in [0.15, 0.2) is 0 Å². The molecule has 0 aromatic heterocycles. The Hall–Kier alpha value is -0.955. The molecule has 1 aromatic rings. The maximum Gasteiger partial charge on any atom is 0.298 e. The van der Waals surface area contributed by atoms with Crippen LogP contribution in [0.5, 0.6) is 5.75 Å². The van der Waals surface area contributed by atoms with Crippen molar-refractivity contribution in [3.8, 4) is 5.75 Å². The summed E-state index contributed by atoms with van der Waals surface area (Å²) >= 11 is 0. The smallest absolute Gasteiger partial charge is 0.298 e. The van der Waals surface area contributed by atoms with Gasteiger partial charge < -0.3 is 4.84 Å². The van der Waals surface area contributed by atoms with Crippen LogP contribution >= 0.6 is 0 Å². The van der Waals surface area contributed by atoms with Gasteiger partial charge in [-0.3, -0.25) is 0 Å². The lowest BCUT2D eigenvalue weighted by molar-refractivity contribution is 0.288. The number of rotatable bonds is 0. The Balaban J connectivity index is 2.54. The lowest BCUT2D eigenvalue weighted by Crippen LogP contribution is -2.20. The Morgan fingerprint density at radius 1 is 1.33 bits per heavy atom. The van der Waals surface area contributed by atoms with E-state index in [0.29, 0.717) is 0 Å². The van der Waals surface area contributed by atoms with E-state index in [4.69, 9.17) is 4.84 Å². The third-order valence-corrected chi connectivity index (χ3v) is 1.30. The van der Waals surface area contributed by atoms with Gasteiger partial charge in [0, 0.05) is 0 Å². The van der Waals surface area contributed by atoms with Crippen LogP contribution in [0, 0.1) is 0 Å². The number of fused-ring (bicyclic) bond motifs is 1. The molecule has 0 spiro atoms. The van der Waals surface area contributed by atoms with Crippen molar-refractivity contribution in [3.05, 3.63) is 24.3 Å². The van der Waals surface area contributed by atoms with Crippen LogP contribution < -0.4 is 15.7 Å². The van der Waals surface area contributed by atoms with E-state index in [-0.39, 0.29) is 0 Å². The minimum atomic E-state index is 0.900. The Labute approximate surface area is 54.1 Å². The summed E-state index contributed by atoms with van der Waals surface area (Å²) in [5.41, 5.74) is 1.11. The summed E-state index contributed by atoms with van der Waals surface area (Å²) < 4.78 is 0. The van der Waals surface area contributed by atoms with Gasteiger partial charge in [-0.1, -0.05) is 18.2 Å². The molecule has 2 nitrogen and oxygen atoms in total. The molecular weight excluding hydrogens is 113 g/mol. The molecule has 0 saturated heterocycles. The van der Waals surface area contributed by atoms with Gasteiger partial charge in [0.2, 0.25) is 0 Å². The molecule has 1 aliphatic rings. The Morgan fingerprint density at radius 2 is 2.22 bits per heavy atom. The van der Waals surface area contributed by atoms with E-state index in [0.717, 1.165) is 11.2 Å². The zero-order valence-corrected chi connectivity index (χ0v) is 4.79. The van der Waals surface area contributed by atoms with Crippen molar-refractivity contribution in [2.75, 3.05) is 0 Å². The second-order valence-corrected chi connectivity index (χ2v) is 1.90. The predicted molar refractivity (Wildman–Crippen MR) is 35.6 cm³/mol. The number of hydrogen-bond donors (Lipinski definition) is 1. The zero-order valence-electron chi connectivity index (χ0n) is 4.79. The largest absolute Gasteiger partial charge is 0.421 e. The van der Waals surface area contributed by atoms with Crippen LogP contribution in [0.2, 0.25) is 0 Å². The Morgan fingerprint density at radius 3 is 3.11 bits per heavy atom. The van der Waals surface area contributed by atoms with Gasteiger partial charge in [-0.05, 0) is 11.5 Å². The van der Waals surface area contributed by atoms with Crippen LogP contribution in [-0.2, 0) is 0 Å². The molecule has 2 rings (SSSR count). The number of benzene rings is 1. The molecule has 43 valence electrons. The standard InChI is InChI=1S/C6H5BNO/c1-2-4-6-5(3-1)7-8-9-6/h1-4,8H. The van der Waals surface area contributed by atoms with E-state index in [1.165, 1.54) is 0 Å². The molecular formula is C6H5BNO. The lowest BCUT2D eigenvalue weighted by Gasteiger charge is -1.93. The molecule has 0 unspecified atom stereocenters.